The number of para-hydroxylation sites is 4. The normalized spacial score (nSPS) is 14.9. The molecule has 1 spiro atoms. The number of hydrogen-bond acceptors (Lipinski definition) is 4. The smallest absolute Gasteiger partial charge is 0.213 e. The molecule has 358 valence electrons. The van der Waals surface area contributed by atoms with Gasteiger partial charge in [0.15, 0.2) is 0 Å². The van der Waals surface area contributed by atoms with Crippen molar-refractivity contribution in [3.63, 3.8) is 0 Å². The van der Waals surface area contributed by atoms with Gasteiger partial charge in [-0.3, -0.25) is 0 Å². The molecule has 2 aromatic heterocycles. The van der Waals surface area contributed by atoms with Gasteiger partial charge in [-0.15, -0.1) is 35.2 Å². The molecule has 0 saturated carbocycles. The average molecular weight is 1100 g/mol. The summed E-state index contributed by atoms with van der Waals surface area (Å²) in [6.07, 6.45) is 0. The number of hydrogen-bond donors (Lipinski definition) is 0. The summed E-state index contributed by atoms with van der Waals surface area (Å²) in [6, 6.07) is 50.3. The number of nitrogens with zero attached hydrogens (tertiary/aromatic N) is 5. The Bertz CT molecular complexity index is 3570. The Morgan fingerprint density at radius 3 is 1.77 bits per heavy atom. The van der Waals surface area contributed by atoms with E-state index in [1.807, 2.05) is 12.1 Å². The first-order valence-electron chi connectivity index (χ1n) is 24.6. The van der Waals surface area contributed by atoms with E-state index in [9.17, 15) is 0 Å². The van der Waals surface area contributed by atoms with Crippen LogP contribution in [0.5, 0.6) is 11.5 Å². The zero-order valence-corrected chi connectivity index (χ0v) is 45.3. The zero-order valence-electron chi connectivity index (χ0n) is 43.0. The number of benzene rings is 7. The van der Waals surface area contributed by atoms with Gasteiger partial charge in [0.25, 0.3) is 0 Å². The molecule has 0 unspecified atom stereocenters. The van der Waals surface area contributed by atoms with Crippen molar-refractivity contribution in [3.05, 3.63) is 179 Å². The number of aromatic nitrogens is 3. The number of aryl methyl sites for hydroxylation is 1. The van der Waals surface area contributed by atoms with Crippen molar-refractivity contribution in [1.82, 2.24) is 14.1 Å². The number of ether oxygens (including phenoxy) is 1. The van der Waals surface area contributed by atoms with Gasteiger partial charge in [-0.1, -0.05) is 161 Å². The summed E-state index contributed by atoms with van der Waals surface area (Å²) < 4.78 is 11.4. The van der Waals surface area contributed by atoms with Crippen molar-refractivity contribution in [2.45, 2.75) is 110 Å². The average Bonchev–Trinajstić information content (AvgIpc) is 4.00. The van der Waals surface area contributed by atoms with Crippen LogP contribution in [0.25, 0.3) is 49.9 Å². The van der Waals surface area contributed by atoms with Crippen molar-refractivity contribution in [2.75, 3.05) is 16.8 Å². The third kappa shape index (κ3) is 6.50. The van der Waals surface area contributed by atoms with E-state index < -0.39 is 5.41 Å². The molecule has 0 bridgehead atoms. The fourth-order valence-corrected chi connectivity index (χ4v) is 11.8. The number of fused-ring (bicyclic) bond motifs is 13. The number of rotatable bonds is 3. The molecule has 0 atom stereocenters. The van der Waals surface area contributed by atoms with Crippen LogP contribution in [0.3, 0.4) is 0 Å². The maximum atomic E-state index is 7.00. The molecule has 0 amide bonds. The maximum Gasteiger partial charge on any atom is 0.213 e. The molecule has 3 aliphatic rings. The second-order valence-corrected chi connectivity index (χ2v) is 24.0. The predicted molar refractivity (Wildman–Crippen MR) is 286 cm³/mol. The van der Waals surface area contributed by atoms with E-state index in [-0.39, 0.29) is 42.7 Å². The van der Waals surface area contributed by atoms with E-state index >= 15 is 0 Å². The van der Waals surface area contributed by atoms with E-state index in [4.69, 9.17) is 9.72 Å². The molecule has 2 aliphatic heterocycles. The summed E-state index contributed by atoms with van der Waals surface area (Å²) >= 11 is 0. The van der Waals surface area contributed by atoms with E-state index in [1.54, 1.807) is 0 Å². The maximum absolute atomic E-state index is 7.00. The van der Waals surface area contributed by atoms with E-state index in [0.29, 0.717) is 11.5 Å². The predicted octanol–water partition coefficient (Wildman–Crippen LogP) is 15.6. The van der Waals surface area contributed by atoms with Crippen LogP contribution in [0.4, 0.5) is 17.1 Å². The zero-order chi connectivity index (χ0) is 48.5. The van der Waals surface area contributed by atoms with Crippen LogP contribution in [0.2, 0.25) is 0 Å². The molecule has 70 heavy (non-hydrogen) atoms. The Morgan fingerprint density at radius 2 is 1.16 bits per heavy atom. The molecule has 0 radical (unpaired) electrons. The molecule has 1 aliphatic carbocycles. The van der Waals surface area contributed by atoms with Crippen molar-refractivity contribution in [3.8, 4) is 28.6 Å². The van der Waals surface area contributed by atoms with E-state index in [1.165, 1.54) is 67.0 Å². The molecule has 0 fully saturated rings. The molecule has 0 N–H and O–H groups in total. The molecular formula is C63H62N5OPt-3. The Labute approximate surface area is 428 Å². The second kappa shape index (κ2) is 15.2. The van der Waals surface area contributed by atoms with Gasteiger partial charge in [-0.2, -0.15) is 18.8 Å². The van der Waals surface area contributed by atoms with E-state index in [0.717, 1.165) is 44.5 Å². The first-order chi connectivity index (χ1) is 32.6. The quantitative estimate of drug-likeness (QED) is 0.165. The van der Waals surface area contributed by atoms with Gasteiger partial charge in [-0.25, -0.2) is 4.98 Å². The minimum atomic E-state index is -0.675. The van der Waals surface area contributed by atoms with Gasteiger partial charge < -0.3 is 23.7 Å². The monoisotopic (exact) mass is 1100 g/mol. The Morgan fingerprint density at radius 1 is 0.571 bits per heavy atom. The van der Waals surface area contributed by atoms with E-state index in [2.05, 4.69) is 238 Å². The fraction of sp³-hybridized carbons (Fsp3) is 0.302. The Balaban J connectivity index is 0.00000533. The first kappa shape index (κ1) is 46.3. The van der Waals surface area contributed by atoms with Gasteiger partial charge in [-0.05, 0) is 108 Å². The van der Waals surface area contributed by atoms with Crippen molar-refractivity contribution < 1.29 is 25.8 Å². The van der Waals surface area contributed by atoms with Crippen molar-refractivity contribution >= 4 is 49.9 Å². The molecule has 7 heteroatoms. The SMILES string of the molecule is CN1[CH-]N2c3[c-]c(Oc4[c-]c5c(cc4)c4ccccc4n5-c4nc5ccccc5n4C)ccc3C3(c4cccc1c42)c1c(cc(C(C)(C)C)cc1C(C)(C)C)-c1cc(C(C)(C)C)cc(C(C)(C)C)c13.[Pt]. The molecule has 9 aromatic rings. The minimum Gasteiger partial charge on any atom is -0.509 e. The van der Waals surface area contributed by atoms with Gasteiger partial charge in [0.1, 0.15) is 0 Å². The van der Waals surface area contributed by atoms with Gasteiger partial charge in [0.2, 0.25) is 5.95 Å². The molecule has 6 nitrogen and oxygen atoms in total. The summed E-state index contributed by atoms with van der Waals surface area (Å²) in [5.41, 5.74) is 19.6. The summed E-state index contributed by atoms with van der Waals surface area (Å²) in [4.78, 5) is 9.79. The topological polar surface area (TPSA) is 38.5 Å². The molecular weight excluding hydrogens is 1040 g/mol. The van der Waals surface area contributed by atoms with Crippen LogP contribution < -0.4 is 14.5 Å². The summed E-state index contributed by atoms with van der Waals surface area (Å²) in [5.74, 6) is 2.07. The van der Waals surface area contributed by atoms with Crippen LogP contribution >= 0.6 is 0 Å². The summed E-state index contributed by atoms with van der Waals surface area (Å²) in [6.45, 7) is 30.8. The van der Waals surface area contributed by atoms with Gasteiger partial charge in [0.05, 0.1) is 11.0 Å². The molecule has 0 saturated heterocycles. The number of anilines is 3. The third-order valence-electron chi connectivity index (χ3n) is 15.3. The van der Waals surface area contributed by atoms with Crippen molar-refractivity contribution in [2.24, 2.45) is 7.05 Å². The largest absolute Gasteiger partial charge is 0.509 e. The second-order valence-electron chi connectivity index (χ2n) is 24.0. The van der Waals surface area contributed by atoms with Crippen LogP contribution in [0.1, 0.15) is 128 Å². The standard InChI is InChI=1S/C63H62N5O.Pt/c1-59(2,3)37-30-43-44-31-38(60(4,5)6)33-48(62(10,11)12)56(44)63(55(43)47(32-37)61(7,8)9)45-29-27-40(35-54(45)67-36-65(13)52-25-19-21-46(63)57(52)67)69-39-26-28-42-41-20-15-17-23-50(41)68(53(42)34-39)58-64-49-22-16-18-24-51(49)66(58)14;/h15-33,36H,1-14H3;/q-3;. The Hall–Kier alpha value is -6.10. The van der Waals surface area contributed by atoms with Gasteiger partial charge >= 0.3 is 0 Å². The Kier molecular flexibility index (Phi) is 10.1. The minimum absolute atomic E-state index is 0. The number of imidazole rings is 1. The van der Waals surface area contributed by atoms with Crippen LogP contribution in [0, 0.1) is 18.8 Å². The van der Waals surface area contributed by atoms with Gasteiger partial charge in [0, 0.05) is 61.9 Å². The van der Waals surface area contributed by atoms with Crippen LogP contribution in [-0.4, -0.2) is 21.2 Å². The fourth-order valence-electron chi connectivity index (χ4n) is 11.8. The summed E-state index contributed by atoms with van der Waals surface area (Å²) in [7, 11) is 4.25. The van der Waals surface area contributed by atoms with Crippen molar-refractivity contribution in [1.29, 1.82) is 0 Å². The van der Waals surface area contributed by atoms with Crippen LogP contribution in [-0.2, 0) is 55.2 Å². The molecule has 12 rings (SSSR count). The van der Waals surface area contributed by atoms with Crippen LogP contribution in [0.15, 0.2) is 115 Å². The third-order valence-corrected chi connectivity index (χ3v) is 15.3. The molecule has 4 heterocycles. The summed E-state index contributed by atoms with van der Waals surface area (Å²) in [5, 5.41) is 2.23. The molecule has 7 aromatic carbocycles. The first-order valence-corrected chi connectivity index (χ1v) is 24.6.